The molecule has 1 N–H and O–H groups in total. The summed E-state index contributed by atoms with van der Waals surface area (Å²) in [6.07, 6.45) is 2.54. The van der Waals surface area contributed by atoms with Crippen molar-refractivity contribution < 1.29 is 9.59 Å². The van der Waals surface area contributed by atoms with Gasteiger partial charge in [-0.15, -0.1) is 0 Å². The highest BCUT2D eigenvalue weighted by molar-refractivity contribution is 5.90. The van der Waals surface area contributed by atoms with Crippen LogP contribution in [0.25, 0.3) is 0 Å². The van der Waals surface area contributed by atoms with Crippen molar-refractivity contribution in [3.63, 3.8) is 0 Å². The second kappa shape index (κ2) is 7.56. The van der Waals surface area contributed by atoms with Crippen molar-refractivity contribution in [1.29, 1.82) is 0 Å². The van der Waals surface area contributed by atoms with Crippen LogP contribution in [0.15, 0.2) is 24.3 Å². The predicted molar refractivity (Wildman–Crippen MR) is 77.0 cm³/mol. The number of carbonyl (C=O) groups excluding carboxylic acids is 2. The quantitative estimate of drug-likeness (QED) is 0.856. The summed E-state index contributed by atoms with van der Waals surface area (Å²) in [6, 6.07) is 7.66. The summed E-state index contributed by atoms with van der Waals surface area (Å²) < 4.78 is 0. The van der Waals surface area contributed by atoms with E-state index < -0.39 is 0 Å². The molecule has 1 aromatic rings. The van der Waals surface area contributed by atoms with E-state index in [-0.39, 0.29) is 11.8 Å². The molecule has 1 rings (SSSR count). The van der Waals surface area contributed by atoms with E-state index in [1.54, 1.807) is 19.0 Å². The molecule has 0 fully saturated rings. The maximum absolute atomic E-state index is 11.5. The van der Waals surface area contributed by atoms with Crippen LogP contribution < -0.4 is 5.32 Å². The zero-order valence-corrected chi connectivity index (χ0v) is 11.9. The highest BCUT2D eigenvalue weighted by atomic mass is 16.2. The minimum Gasteiger partial charge on any atom is -0.349 e. The SMILES string of the molecule is CCCC(=O)Nc1cccc(CCC(=O)N(C)C)c1. The Balaban J connectivity index is 2.57. The lowest BCUT2D eigenvalue weighted by Crippen LogP contribution is -2.21. The Hall–Kier alpha value is -1.84. The second-order valence-electron chi connectivity index (χ2n) is 4.79. The van der Waals surface area contributed by atoms with Gasteiger partial charge >= 0.3 is 0 Å². The first-order valence-corrected chi connectivity index (χ1v) is 6.62. The van der Waals surface area contributed by atoms with Crippen molar-refractivity contribution >= 4 is 17.5 Å². The van der Waals surface area contributed by atoms with Gasteiger partial charge < -0.3 is 10.2 Å². The Morgan fingerprint density at radius 1 is 1.21 bits per heavy atom. The smallest absolute Gasteiger partial charge is 0.224 e. The lowest BCUT2D eigenvalue weighted by molar-refractivity contribution is -0.128. The zero-order chi connectivity index (χ0) is 14.3. The van der Waals surface area contributed by atoms with Crippen molar-refractivity contribution in [2.24, 2.45) is 0 Å². The third kappa shape index (κ3) is 5.55. The molecule has 104 valence electrons. The van der Waals surface area contributed by atoms with E-state index in [9.17, 15) is 9.59 Å². The average molecular weight is 262 g/mol. The molecule has 0 saturated heterocycles. The predicted octanol–water partition coefficient (Wildman–Crippen LogP) is 2.45. The number of nitrogens with zero attached hydrogens (tertiary/aromatic N) is 1. The summed E-state index contributed by atoms with van der Waals surface area (Å²) in [6.45, 7) is 1.98. The van der Waals surface area contributed by atoms with E-state index in [4.69, 9.17) is 0 Å². The van der Waals surface area contributed by atoms with Crippen molar-refractivity contribution in [1.82, 2.24) is 4.90 Å². The summed E-state index contributed by atoms with van der Waals surface area (Å²) in [4.78, 5) is 24.6. The fourth-order valence-electron chi connectivity index (χ4n) is 1.73. The molecule has 0 aliphatic rings. The summed E-state index contributed by atoms with van der Waals surface area (Å²) in [5.41, 5.74) is 1.86. The lowest BCUT2D eigenvalue weighted by atomic mass is 10.1. The van der Waals surface area contributed by atoms with Gasteiger partial charge in [-0.3, -0.25) is 9.59 Å². The molecule has 2 amide bonds. The number of carbonyl (C=O) groups is 2. The molecule has 0 unspecified atom stereocenters. The Bertz CT molecular complexity index is 442. The Labute approximate surface area is 114 Å². The first-order chi connectivity index (χ1) is 9.02. The summed E-state index contributed by atoms with van der Waals surface area (Å²) in [5, 5.41) is 2.86. The Morgan fingerprint density at radius 3 is 2.58 bits per heavy atom. The number of benzene rings is 1. The van der Waals surface area contributed by atoms with Crippen LogP contribution in [0.1, 0.15) is 31.7 Å². The first-order valence-electron chi connectivity index (χ1n) is 6.62. The zero-order valence-electron chi connectivity index (χ0n) is 11.9. The van der Waals surface area contributed by atoms with Gasteiger partial charge in [0.25, 0.3) is 0 Å². The van der Waals surface area contributed by atoms with Gasteiger partial charge in [-0.05, 0) is 30.5 Å². The van der Waals surface area contributed by atoms with Crippen LogP contribution >= 0.6 is 0 Å². The van der Waals surface area contributed by atoms with Gasteiger partial charge in [0.15, 0.2) is 0 Å². The van der Waals surface area contributed by atoms with Crippen molar-refractivity contribution in [2.75, 3.05) is 19.4 Å². The van der Waals surface area contributed by atoms with Gasteiger partial charge in [-0.1, -0.05) is 19.1 Å². The number of rotatable bonds is 6. The van der Waals surface area contributed by atoms with E-state index in [1.807, 2.05) is 31.2 Å². The van der Waals surface area contributed by atoms with Gasteiger partial charge in [-0.2, -0.15) is 0 Å². The van der Waals surface area contributed by atoms with Crippen LogP contribution in [0.4, 0.5) is 5.69 Å². The van der Waals surface area contributed by atoms with E-state index in [1.165, 1.54) is 0 Å². The van der Waals surface area contributed by atoms with Gasteiger partial charge in [0, 0.05) is 32.6 Å². The largest absolute Gasteiger partial charge is 0.349 e. The molecule has 19 heavy (non-hydrogen) atoms. The molecule has 4 heteroatoms. The number of amides is 2. The minimum absolute atomic E-state index is 0.0315. The summed E-state index contributed by atoms with van der Waals surface area (Å²) >= 11 is 0. The fourth-order valence-corrected chi connectivity index (χ4v) is 1.73. The Kier molecular flexibility index (Phi) is 6.06. The van der Waals surface area contributed by atoms with Crippen LogP contribution in [0.3, 0.4) is 0 Å². The van der Waals surface area contributed by atoms with Crippen molar-refractivity contribution in [3.8, 4) is 0 Å². The Morgan fingerprint density at radius 2 is 1.95 bits per heavy atom. The average Bonchev–Trinajstić information content (AvgIpc) is 2.36. The van der Waals surface area contributed by atoms with Gasteiger partial charge in [0.1, 0.15) is 0 Å². The topological polar surface area (TPSA) is 49.4 Å². The fraction of sp³-hybridized carbons (Fsp3) is 0.467. The van der Waals surface area contributed by atoms with E-state index in [0.29, 0.717) is 19.3 Å². The van der Waals surface area contributed by atoms with Gasteiger partial charge in [0.05, 0.1) is 0 Å². The summed E-state index contributed by atoms with van der Waals surface area (Å²) in [7, 11) is 3.51. The molecular weight excluding hydrogens is 240 g/mol. The number of aryl methyl sites for hydroxylation is 1. The van der Waals surface area contributed by atoms with Crippen LogP contribution in [0.2, 0.25) is 0 Å². The number of hydrogen-bond donors (Lipinski definition) is 1. The maximum Gasteiger partial charge on any atom is 0.224 e. The molecule has 0 saturated carbocycles. The summed E-state index contributed by atoms with van der Waals surface area (Å²) in [5.74, 6) is 0.143. The molecule has 0 aliphatic carbocycles. The van der Waals surface area contributed by atoms with Crippen LogP contribution in [-0.4, -0.2) is 30.8 Å². The molecule has 0 bridgehead atoms. The van der Waals surface area contributed by atoms with Crippen LogP contribution in [-0.2, 0) is 16.0 Å². The first kappa shape index (κ1) is 15.2. The van der Waals surface area contributed by atoms with Gasteiger partial charge in [0.2, 0.25) is 11.8 Å². The standard InChI is InChI=1S/C15H22N2O2/c1-4-6-14(18)16-13-8-5-7-12(11-13)9-10-15(19)17(2)3/h5,7-8,11H,4,6,9-10H2,1-3H3,(H,16,18). The molecule has 0 atom stereocenters. The molecule has 0 radical (unpaired) electrons. The molecule has 0 heterocycles. The maximum atomic E-state index is 11.5. The highest BCUT2D eigenvalue weighted by Crippen LogP contribution is 2.13. The molecule has 0 aliphatic heterocycles. The van der Waals surface area contributed by atoms with E-state index in [0.717, 1.165) is 17.7 Å². The number of nitrogens with one attached hydrogen (secondary N) is 1. The van der Waals surface area contributed by atoms with Crippen molar-refractivity contribution in [3.05, 3.63) is 29.8 Å². The van der Waals surface area contributed by atoms with Gasteiger partial charge in [-0.25, -0.2) is 0 Å². The lowest BCUT2D eigenvalue weighted by Gasteiger charge is -2.10. The minimum atomic E-state index is 0.0315. The molecule has 4 nitrogen and oxygen atoms in total. The van der Waals surface area contributed by atoms with Crippen LogP contribution in [0.5, 0.6) is 0 Å². The molecule has 0 spiro atoms. The number of anilines is 1. The van der Waals surface area contributed by atoms with Crippen molar-refractivity contribution in [2.45, 2.75) is 32.6 Å². The van der Waals surface area contributed by atoms with E-state index in [2.05, 4.69) is 5.32 Å². The van der Waals surface area contributed by atoms with Crippen LogP contribution in [0, 0.1) is 0 Å². The third-order valence-corrected chi connectivity index (χ3v) is 2.81. The monoisotopic (exact) mass is 262 g/mol. The number of hydrogen-bond acceptors (Lipinski definition) is 2. The molecular formula is C15H22N2O2. The molecule has 0 aromatic heterocycles. The molecule has 1 aromatic carbocycles. The highest BCUT2D eigenvalue weighted by Gasteiger charge is 2.05. The normalized spacial score (nSPS) is 10.1. The van der Waals surface area contributed by atoms with E-state index >= 15 is 0 Å². The second-order valence-corrected chi connectivity index (χ2v) is 4.79. The third-order valence-electron chi connectivity index (χ3n) is 2.81.